The number of anilines is 1. The molecule has 2 N–H and O–H groups in total. The number of pyridine rings is 2. The minimum absolute atomic E-state index is 0.143. The molecule has 5 heteroatoms. The van der Waals surface area contributed by atoms with E-state index in [0.29, 0.717) is 30.9 Å². The number of carbonyl (C=O) groups excluding carboxylic acids is 1. The van der Waals surface area contributed by atoms with E-state index >= 15 is 0 Å². The zero-order valence-electron chi connectivity index (χ0n) is 17.9. The Hall–Kier alpha value is -3.99. The molecule has 0 saturated carbocycles. The van der Waals surface area contributed by atoms with Crippen LogP contribution in [-0.2, 0) is 12.8 Å². The van der Waals surface area contributed by atoms with Gasteiger partial charge in [0, 0.05) is 37.0 Å². The Balaban J connectivity index is 1.48. The highest BCUT2D eigenvalue weighted by Gasteiger charge is 2.14. The van der Waals surface area contributed by atoms with Crippen molar-refractivity contribution in [3.63, 3.8) is 0 Å². The molecule has 4 aromatic rings. The molecule has 2 aromatic heterocycles. The average molecular weight is 423 g/mol. The molecule has 0 unspecified atom stereocenters. The summed E-state index contributed by atoms with van der Waals surface area (Å²) in [5.41, 5.74) is 4.57. The summed E-state index contributed by atoms with van der Waals surface area (Å²) in [6.45, 7) is 1.20. The maximum Gasteiger partial charge on any atom is 0.255 e. The molecule has 0 bridgehead atoms. The number of hydrogen-bond acceptors (Lipinski definition) is 4. The van der Waals surface area contributed by atoms with Gasteiger partial charge in [-0.05, 0) is 36.2 Å². The third kappa shape index (κ3) is 5.79. The van der Waals surface area contributed by atoms with Crippen LogP contribution in [0, 0.1) is 0 Å². The smallest absolute Gasteiger partial charge is 0.255 e. The summed E-state index contributed by atoms with van der Waals surface area (Å²) < 4.78 is 0. The summed E-state index contributed by atoms with van der Waals surface area (Å²) in [6.07, 6.45) is 3.29. The molecular formula is C27H26N4O. The second kappa shape index (κ2) is 10.9. The third-order valence-electron chi connectivity index (χ3n) is 5.15. The molecule has 0 atom stereocenters. The van der Waals surface area contributed by atoms with Gasteiger partial charge >= 0.3 is 0 Å². The Labute approximate surface area is 188 Å². The molecular weight excluding hydrogens is 396 g/mol. The third-order valence-corrected chi connectivity index (χ3v) is 5.15. The van der Waals surface area contributed by atoms with Gasteiger partial charge in [-0.3, -0.25) is 9.78 Å². The number of amides is 1. The van der Waals surface area contributed by atoms with E-state index in [-0.39, 0.29) is 5.91 Å². The van der Waals surface area contributed by atoms with Crippen LogP contribution in [0.15, 0.2) is 97.2 Å². The SMILES string of the molecule is O=C(NCCc1ccccn1)c1ccc(-c2ccccc2)nc1NCCc1ccccc1. The summed E-state index contributed by atoms with van der Waals surface area (Å²) in [5, 5.41) is 6.37. The van der Waals surface area contributed by atoms with Crippen LogP contribution < -0.4 is 10.6 Å². The lowest BCUT2D eigenvalue weighted by atomic mass is 10.1. The van der Waals surface area contributed by atoms with E-state index in [1.807, 2.05) is 78.9 Å². The molecule has 160 valence electrons. The lowest BCUT2D eigenvalue weighted by Gasteiger charge is -2.13. The zero-order chi connectivity index (χ0) is 22.0. The Bertz CT molecular complexity index is 1130. The van der Waals surface area contributed by atoms with Gasteiger partial charge in [0.15, 0.2) is 0 Å². The largest absolute Gasteiger partial charge is 0.369 e. The van der Waals surface area contributed by atoms with Crippen molar-refractivity contribution in [1.82, 2.24) is 15.3 Å². The molecule has 2 aromatic carbocycles. The van der Waals surface area contributed by atoms with Crippen molar-refractivity contribution in [2.45, 2.75) is 12.8 Å². The molecule has 0 aliphatic rings. The zero-order valence-corrected chi connectivity index (χ0v) is 17.9. The average Bonchev–Trinajstić information content (AvgIpc) is 2.86. The van der Waals surface area contributed by atoms with E-state index in [9.17, 15) is 4.79 Å². The highest BCUT2D eigenvalue weighted by Crippen LogP contribution is 2.22. The first-order valence-corrected chi connectivity index (χ1v) is 10.8. The van der Waals surface area contributed by atoms with E-state index < -0.39 is 0 Å². The molecule has 0 saturated heterocycles. The number of carbonyl (C=O) groups is 1. The Kier molecular flexibility index (Phi) is 7.21. The molecule has 0 fully saturated rings. The summed E-state index contributed by atoms with van der Waals surface area (Å²) in [4.78, 5) is 22.0. The van der Waals surface area contributed by atoms with E-state index in [0.717, 1.165) is 23.4 Å². The van der Waals surface area contributed by atoms with Crippen LogP contribution in [0.5, 0.6) is 0 Å². The standard InChI is InChI=1S/C27H26N4O/c32-27(30-20-17-23-13-7-8-18-28-23)24-14-15-25(22-11-5-2-6-12-22)31-26(24)29-19-16-21-9-3-1-4-10-21/h1-15,18H,16-17,19-20H2,(H,29,31)(H,30,32). The van der Waals surface area contributed by atoms with Gasteiger partial charge in [-0.1, -0.05) is 66.7 Å². The summed E-state index contributed by atoms with van der Waals surface area (Å²) in [5.74, 6) is 0.452. The predicted molar refractivity (Wildman–Crippen MR) is 129 cm³/mol. The van der Waals surface area contributed by atoms with E-state index in [1.165, 1.54) is 5.56 Å². The van der Waals surface area contributed by atoms with Crippen molar-refractivity contribution in [3.8, 4) is 11.3 Å². The minimum Gasteiger partial charge on any atom is -0.369 e. The van der Waals surface area contributed by atoms with Gasteiger partial charge in [0.05, 0.1) is 11.3 Å². The summed E-state index contributed by atoms with van der Waals surface area (Å²) in [6, 6.07) is 29.8. The van der Waals surface area contributed by atoms with Crippen LogP contribution in [0.25, 0.3) is 11.3 Å². The van der Waals surface area contributed by atoms with Crippen molar-refractivity contribution >= 4 is 11.7 Å². The first kappa shape index (κ1) is 21.2. The van der Waals surface area contributed by atoms with Gasteiger partial charge in [-0.25, -0.2) is 4.98 Å². The van der Waals surface area contributed by atoms with Crippen molar-refractivity contribution in [3.05, 3.63) is 114 Å². The monoisotopic (exact) mass is 422 g/mol. The van der Waals surface area contributed by atoms with Crippen LogP contribution >= 0.6 is 0 Å². The highest BCUT2D eigenvalue weighted by atomic mass is 16.1. The number of aromatic nitrogens is 2. The number of hydrogen-bond donors (Lipinski definition) is 2. The van der Waals surface area contributed by atoms with Crippen LogP contribution in [0.4, 0.5) is 5.82 Å². The normalized spacial score (nSPS) is 10.5. The van der Waals surface area contributed by atoms with Gasteiger partial charge in [0.2, 0.25) is 0 Å². The molecule has 0 aliphatic heterocycles. The van der Waals surface area contributed by atoms with E-state index in [4.69, 9.17) is 4.98 Å². The predicted octanol–water partition coefficient (Wildman–Crippen LogP) is 4.77. The first-order valence-electron chi connectivity index (χ1n) is 10.8. The lowest BCUT2D eigenvalue weighted by molar-refractivity contribution is 0.0954. The van der Waals surface area contributed by atoms with Crippen LogP contribution in [0.1, 0.15) is 21.6 Å². The molecule has 1 amide bonds. The lowest BCUT2D eigenvalue weighted by Crippen LogP contribution is -2.27. The van der Waals surface area contributed by atoms with Crippen LogP contribution in [0.2, 0.25) is 0 Å². The maximum absolute atomic E-state index is 12.9. The Morgan fingerprint density at radius 3 is 2.25 bits per heavy atom. The molecule has 2 heterocycles. The number of nitrogens with zero attached hydrogens (tertiary/aromatic N) is 2. The van der Waals surface area contributed by atoms with E-state index in [2.05, 4.69) is 27.8 Å². The van der Waals surface area contributed by atoms with Crippen molar-refractivity contribution < 1.29 is 4.79 Å². The fourth-order valence-electron chi connectivity index (χ4n) is 3.46. The van der Waals surface area contributed by atoms with Crippen LogP contribution in [0.3, 0.4) is 0 Å². The van der Waals surface area contributed by atoms with Gasteiger partial charge in [0.1, 0.15) is 5.82 Å². The molecule has 4 rings (SSSR count). The minimum atomic E-state index is -0.143. The van der Waals surface area contributed by atoms with Crippen LogP contribution in [-0.4, -0.2) is 29.0 Å². The Morgan fingerprint density at radius 1 is 0.750 bits per heavy atom. The second-order valence-electron chi connectivity index (χ2n) is 7.45. The summed E-state index contributed by atoms with van der Waals surface area (Å²) in [7, 11) is 0. The summed E-state index contributed by atoms with van der Waals surface area (Å²) >= 11 is 0. The van der Waals surface area contributed by atoms with Gasteiger partial charge < -0.3 is 10.6 Å². The number of nitrogens with one attached hydrogen (secondary N) is 2. The molecule has 0 spiro atoms. The molecule has 0 radical (unpaired) electrons. The molecule has 32 heavy (non-hydrogen) atoms. The van der Waals surface area contributed by atoms with Gasteiger partial charge in [-0.15, -0.1) is 0 Å². The molecule has 0 aliphatic carbocycles. The second-order valence-corrected chi connectivity index (χ2v) is 7.45. The van der Waals surface area contributed by atoms with E-state index in [1.54, 1.807) is 6.20 Å². The number of benzene rings is 2. The first-order chi connectivity index (χ1) is 15.8. The van der Waals surface area contributed by atoms with Crippen molar-refractivity contribution in [2.75, 3.05) is 18.4 Å². The fraction of sp³-hybridized carbons (Fsp3) is 0.148. The highest BCUT2D eigenvalue weighted by molar-refractivity contribution is 5.99. The topological polar surface area (TPSA) is 66.9 Å². The van der Waals surface area contributed by atoms with Crippen molar-refractivity contribution in [2.24, 2.45) is 0 Å². The van der Waals surface area contributed by atoms with Crippen molar-refractivity contribution in [1.29, 1.82) is 0 Å². The Morgan fingerprint density at radius 2 is 1.50 bits per heavy atom. The van der Waals surface area contributed by atoms with Gasteiger partial charge in [-0.2, -0.15) is 0 Å². The maximum atomic E-state index is 12.9. The van der Waals surface area contributed by atoms with Gasteiger partial charge in [0.25, 0.3) is 5.91 Å². The molecule has 5 nitrogen and oxygen atoms in total. The fourth-order valence-corrected chi connectivity index (χ4v) is 3.46. The quantitative estimate of drug-likeness (QED) is 0.408. The number of rotatable bonds is 9.